The number of rotatable bonds is 0. The molecule has 0 aliphatic carbocycles. The SMILES string of the molecule is Cl.O=C=NC(=O)O. The van der Waals surface area contributed by atoms with Crippen LogP contribution >= 0.6 is 12.4 Å². The molecule has 0 saturated carbocycles. The third kappa shape index (κ3) is 11.1. The smallest absolute Gasteiger partial charge is 0.442 e. The minimum Gasteiger partial charge on any atom is -0.463 e. The van der Waals surface area contributed by atoms with Crippen molar-refractivity contribution in [2.24, 2.45) is 4.99 Å². The minimum absolute atomic E-state index is 0. The van der Waals surface area contributed by atoms with Crippen LogP contribution in [0, 0.1) is 0 Å². The molecule has 0 aliphatic heterocycles. The van der Waals surface area contributed by atoms with Crippen LogP contribution < -0.4 is 0 Å². The molecular formula is C2H2ClNO3. The second kappa shape index (κ2) is 5.14. The molecule has 4 nitrogen and oxygen atoms in total. The quantitative estimate of drug-likeness (QED) is 0.375. The average molecular weight is 123 g/mol. The Hall–Kier alpha value is -0.860. The highest BCUT2D eigenvalue weighted by molar-refractivity contribution is 5.85. The number of carbonyl (C=O) groups is 1. The van der Waals surface area contributed by atoms with Gasteiger partial charge in [0.15, 0.2) is 0 Å². The van der Waals surface area contributed by atoms with Gasteiger partial charge in [-0.25, -0.2) is 9.59 Å². The molecule has 0 aromatic heterocycles. The zero-order valence-corrected chi connectivity index (χ0v) is 3.94. The molecule has 0 aromatic rings. The first-order chi connectivity index (χ1) is 2.77. The molecular weight excluding hydrogens is 121 g/mol. The first-order valence-electron chi connectivity index (χ1n) is 1.08. The standard InChI is InChI=1S/C2HNO3.ClH/c4-1-3-2(5)6;/h(H,5,6);1H. The summed E-state index contributed by atoms with van der Waals surface area (Å²) in [5.41, 5.74) is 0. The van der Waals surface area contributed by atoms with Crippen LogP contribution in [0.5, 0.6) is 0 Å². The van der Waals surface area contributed by atoms with Crippen molar-refractivity contribution in [2.45, 2.75) is 0 Å². The van der Waals surface area contributed by atoms with Crippen LogP contribution in [0.25, 0.3) is 0 Å². The third-order valence-electron chi connectivity index (χ3n) is 0.141. The summed E-state index contributed by atoms with van der Waals surface area (Å²) in [7, 11) is 0. The zero-order chi connectivity index (χ0) is 4.99. The molecule has 0 aromatic carbocycles. The van der Waals surface area contributed by atoms with Crippen molar-refractivity contribution in [2.75, 3.05) is 0 Å². The maximum atomic E-state index is 9.17. The summed E-state index contributed by atoms with van der Waals surface area (Å²) in [6, 6.07) is 0. The molecule has 0 spiro atoms. The van der Waals surface area contributed by atoms with Crippen LogP contribution in [0.1, 0.15) is 0 Å². The Bertz CT molecular complexity index is 106. The van der Waals surface area contributed by atoms with Crippen molar-refractivity contribution >= 4 is 24.6 Å². The third-order valence-corrected chi connectivity index (χ3v) is 0.141. The van der Waals surface area contributed by atoms with Crippen molar-refractivity contribution in [3.05, 3.63) is 0 Å². The van der Waals surface area contributed by atoms with Gasteiger partial charge in [-0.3, -0.25) is 0 Å². The van der Waals surface area contributed by atoms with Crippen LogP contribution in [-0.4, -0.2) is 17.3 Å². The number of hydrogen-bond donors (Lipinski definition) is 1. The summed E-state index contributed by atoms with van der Waals surface area (Å²) < 4.78 is 0. The van der Waals surface area contributed by atoms with Gasteiger partial charge >= 0.3 is 6.09 Å². The molecule has 0 radical (unpaired) electrons. The molecule has 0 unspecified atom stereocenters. The second-order valence-electron chi connectivity index (χ2n) is 0.486. The topological polar surface area (TPSA) is 66.7 Å². The predicted octanol–water partition coefficient (Wildman–Crippen LogP) is 0.422. The van der Waals surface area contributed by atoms with Gasteiger partial charge in [0.25, 0.3) is 0 Å². The molecule has 7 heavy (non-hydrogen) atoms. The van der Waals surface area contributed by atoms with Gasteiger partial charge in [0.1, 0.15) is 0 Å². The van der Waals surface area contributed by atoms with E-state index in [1.807, 2.05) is 0 Å². The number of carboxylic acid groups (broad SMARTS) is 1. The highest BCUT2D eigenvalue weighted by Crippen LogP contribution is 1.60. The Kier molecular flexibility index (Phi) is 6.95. The molecule has 40 valence electrons. The summed E-state index contributed by atoms with van der Waals surface area (Å²) in [6.45, 7) is 0. The Labute approximate surface area is 45.3 Å². The Morgan fingerprint density at radius 2 is 2.14 bits per heavy atom. The molecule has 0 saturated heterocycles. The van der Waals surface area contributed by atoms with E-state index in [1.165, 1.54) is 0 Å². The van der Waals surface area contributed by atoms with Crippen LogP contribution in [0.2, 0.25) is 0 Å². The fraction of sp³-hybridized carbons (Fsp3) is 0. The van der Waals surface area contributed by atoms with Crippen molar-refractivity contribution < 1.29 is 14.7 Å². The number of nitrogens with zero attached hydrogens (tertiary/aromatic N) is 1. The highest BCUT2D eigenvalue weighted by Gasteiger charge is 1.80. The van der Waals surface area contributed by atoms with Crippen LogP contribution in [-0.2, 0) is 4.79 Å². The Morgan fingerprint density at radius 3 is 2.14 bits per heavy atom. The molecule has 0 atom stereocenters. The number of aliphatic imine (C=N–C) groups is 1. The summed E-state index contributed by atoms with van der Waals surface area (Å²) in [6.07, 6.45) is -0.667. The fourth-order valence-electron chi connectivity index (χ4n) is 0.0390. The molecule has 0 heterocycles. The molecule has 0 fully saturated rings. The lowest BCUT2D eigenvalue weighted by molar-refractivity contribution is 0.205. The lowest BCUT2D eigenvalue weighted by Gasteiger charge is -1.62. The van der Waals surface area contributed by atoms with E-state index in [9.17, 15) is 4.79 Å². The van der Waals surface area contributed by atoms with E-state index in [4.69, 9.17) is 9.90 Å². The van der Waals surface area contributed by atoms with Gasteiger partial charge in [-0.15, -0.1) is 12.4 Å². The van der Waals surface area contributed by atoms with E-state index in [0.29, 0.717) is 0 Å². The fourth-order valence-corrected chi connectivity index (χ4v) is 0.0390. The summed E-state index contributed by atoms with van der Waals surface area (Å²) in [4.78, 5) is 20.3. The first kappa shape index (κ1) is 9.46. The minimum atomic E-state index is -1.51. The van der Waals surface area contributed by atoms with Gasteiger partial charge < -0.3 is 5.11 Å². The number of halogens is 1. The van der Waals surface area contributed by atoms with Crippen LogP contribution in [0.3, 0.4) is 0 Å². The van der Waals surface area contributed by atoms with Gasteiger partial charge in [0, 0.05) is 0 Å². The maximum absolute atomic E-state index is 9.17. The Balaban J connectivity index is 0. The van der Waals surface area contributed by atoms with E-state index in [1.54, 1.807) is 0 Å². The van der Waals surface area contributed by atoms with E-state index >= 15 is 0 Å². The molecule has 5 heteroatoms. The van der Waals surface area contributed by atoms with E-state index < -0.39 is 6.09 Å². The van der Waals surface area contributed by atoms with Gasteiger partial charge in [0.2, 0.25) is 6.08 Å². The molecule has 1 amide bonds. The van der Waals surface area contributed by atoms with E-state index in [2.05, 4.69) is 4.99 Å². The molecule has 0 rings (SSSR count). The number of isocyanates is 1. The number of carbonyl (C=O) groups excluding carboxylic acids is 1. The zero-order valence-electron chi connectivity index (χ0n) is 3.12. The predicted molar refractivity (Wildman–Crippen MR) is 23.4 cm³/mol. The van der Waals surface area contributed by atoms with Gasteiger partial charge in [-0.05, 0) is 0 Å². The van der Waals surface area contributed by atoms with Crippen molar-refractivity contribution in [1.82, 2.24) is 0 Å². The first-order valence-corrected chi connectivity index (χ1v) is 1.08. The van der Waals surface area contributed by atoms with E-state index in [-0.39, 0.29) is 12.4 Å². The number of amides is 1. The average Bonchev–Trinajstić information content (AvgIpc) is 1.35. The van der Waals surface area contributed by atoms with Gasteiger partial charge in [-0.2, -0.15) is 0 Å². The summed E-state index contributed by atoms with van der Waals surface area (Å²) in [5, 5.41) is 7.48. The normalized spacial score (nSPS) is 5.14. The highest BCUT2D eigenvalue weighted by atomic mass is 35.5. The molecule has 0 aliphatic rings. The van der Waals surface area contributed by atoms with Gasteiger partial charge in [-0.1, -0.05) is 4.99 Å². The van der Waals surface area contributed by atoms with Crippen LogP contribution in [0.4, 0.5) is 4.79 Å². The van der Waals surface area contributed by atoms with Crippen LogP contribution in [0.15, 0.2) is 4.99 Å². The largest absolute Gasteiger partial charge is 0.463 e. The lowest BCUT2D eigenvalue weighted by atomic mass is 11.2. The van der Waals surface area contributed by atoms with Crippen molar-refractivity contribution in [3.8, 4) is 0 Å². The Morgan fingerprint density at radius 1 is 1.71 bits per heavy atom. The summed E-state index contributed by atoms with van der Waals surface area (Å²) in [5.74, 6) is 0. The van der Waals surface area contributed by atoms with Crippen molar-refractivity contribution in [1.29, 1.82) is 0 Å². The second-order valence-corrected chi connectivity index (χ2v) is 0.486. The monoisotopic (exact) mass is 123 g/mol. The molecule has 0 bridgehead atoms. The lowest BCUT2D eigenvalue weighted by Crippen LogP contribution is -1.80. The number of hydrogen-bond acceptors (Lipinski definition) is 2. The molecule has 1 N–H and O–H groups in total. The maximum Gasteiger partial charge on any atom is 0.442 e. The van der Waals surface area contributed by atoms with Gasteiger partial charge in [0.05, 0.1) is 0 Å². The van der Waals surface area contributed by atoms with Crippen molar-refractivity contribution in [3.63, 3.8) is 0 Å². The summed E-state index contributed by atoms with van der Waals surface area (Å²) >= 11 is 0. The van der Waals surface area contributed by atoms with E-state index in [0.717, 1.165) is 6.08 Å².